The SMILES string of the molecule is O=CN[C@@H]1CCCN2c3c(ccc(Cl)c3Cl)Oc3ccccc3[C@H]12. The van der Waals surface area contributed by atoms with Gasteiger partial charge < -0.3 is 15.0 Å². The van der Waals surface area contributed by atoms with Crippen LogP contribution in [0.25, 0.3) is 0 Å². The van der Waals surface area contributed by atoms with E-state index >= 15 is 0 Å². The summed E-state index contributed by atoms with van der Waals surface area (Å²) in [6.07, 6.45) is 2.62. The van der Waals surface area contributed by atoms with Crippen LogP contribution in [-0.4, -0.2) is 19.0 Å². The fourth-order valence-electron chi connectivity index (χ4n) is 3.70. The van der Waals surface area contributed by atoms with Gasteiger partial charge in [0.2, 0.25) is 6.41 Å². The molecule has 2 aromatic rings. The Morgan fingerprint density at radius 1 is 1.17 bits per heavy atom. The van der Waals surface area contributed by atoms with E-state index in [4.69, 9.17) is 27.9 Å². The van der Waals surface area contributed by atoms with E-state index in [1.807, 2.05) is 30.3 Å². The minimum Gasteiger partial charge on any atom is -0.455 e. The minimum absolute atomic E-state index is 0.0120. The molecule has 2 aromatic carbocycles. The van der Waals surface area contributed by atoms with E-state index in [1.165, 1.54) is 0 Å². The predicted octanol–water partition coefficient (Wildman–Crippen LogP) is 4.56. The molecular formula is C18H16Cl2N2O2. The Bertz CT molecular complexity index is 797. The molecule has 124 valence electrons. The number of hydrogen-bond donors (Lipinski definition) is 1. The number of benzene rings is 2. The monoisotopic (exact) mass is 362 g/mol. The van der Waals surface area contributed by atoms with Gasteiger partial charge in [0.15, 0.2) is 5.75 Å². The first-order valence-electron chi connectivity index (χ1n) is 7.92. The molecule has 2 atom stereocenters. The third-order valence-corrected chi connectivity index (χ3v) is 5.48. The van der Waals surface area contributed by atoms with Gasteiger partial charge in [-0.1, -0.05) is 41.4 Å². The van der Waals surface area contributed by atoms with E-state index in [-0.39, 0.29) is 12.1 Å². The molecule has 6 heteroatoms. The summed E-state index contributed by atoms with van der Waals surface area (Å²) in [6, 6.07) is 11.4. The van der Waals surface area contributed by atoms with Gasteiger partial charge >= 0.3 is 0 Å². The molecule has 0 bridgehead atoms. The van der Waals surface area contributed by atoms with Crippen molar-refractivity contribution in [1.82, 2.24) is 5.32 Å². The van der Waals surface area contributed by atoms with Gasteiger partial charge in [0.05, 0.1) is 22.1 Å². The third-order valence-electron chi connectivity index (χ3n) is 4.69. The fraction of sp³-hybridized carbons (Fsp3) is 0.278. The molecular weight excluding hydrogens is 347 g/mol. The Labute approximate surface area is 150 Å². The first-order valence-corrected chi connectivity index (χ1v) is 8.67. The number of nitrogens with one attached hydrogen (secondary N) is 1. The Kier molecular flexibility index (Phi) is 4.02. The molecule has 0 aromatic heterocycles. The largest absolute Gasteiger partial charge is 0.455 e. The Morgan fingerprint density at radius 2 is 2.00 bits per heavy atom. The number of para-hydroxylation sites is 1. The van der Waals surface area contributed by atoms with Crippen LogP contribution in [0.3, 0.4) is 0 Å². The number of rotatable bonds is 2. The summed E-state index contributed by atoms with van der Waals surface area (Å²) in [5.41, 5.74) is 1.84. The maximum atomic E-state index is 11.1. The van der Waals surface area contributed by atoms with E-state index < -0.39 is 0 Å². The number of fused-ring (bicyclic) bond motifs is 5. The van der Waals surface area contributed by atoms with Crippen LogP contribution in [0.1, 0.15) is 24.4 Å². The molecule has 1 fully saturated rings. The quantitative estimate of drug-likeness (QED) is 0.796. The summed E-state index contributed by atoms with van der Waals surface area (Å²) in [4.78, 5) is 13.3. The lowest BCUT2D eigenvalue weighted by Crippen LogP contribution is -2.48. The molecule has 0 saturated carbocycles. The van der Waals surface area contributed by atoms with Gasteiger partial charge in [0, 0.05) is 12.1 Å². The number of piperidine rings is 1. The molecule has 2 aliphatic heterocycles. The molecule has 24 heavy (non-hydrogen) atoms. The summed E-state index contributed by atoms with van der Waals surface area (Å²) in [5, 5.41) is 3.94. The van der Waals surface area contributed by atoms with Crippen molar-refractivity contribution < 1.29 is 9.53 Å². The predicted molar refractivity (Wildman–Crippen MR) is 95.3 cm³/mol. The zero-order chi connectivity index (χ0) is 16.7. The van der Waals surface area contributed by atoms with Gasteiger partial charge in [-0.05, 0) is 31.0 Å². The summed E-state index contributed by atoms with van der Waals surface area (Å²) >= 11 is 12.8. The molecule has 4 nitrogen and oxygen atoms in total. The van der Waals surface area contributed by atoms with Crippen molar-refractivity contribution in [3.8, 4) is 11.5 Å². The first-order chi connectivity index (χ1) is 11.7. The summed E-state index contributed by atoms with van der Waals surface area (Å²) in [5.74, 6) is 1.47. The first kappa shape index (κ1) is 15.6. The Balaban J connectivity index is 1.95. The lowest BCUT2D eigenvalue weighted by Gasteiger charge is -2.42. The van der Waals surface area contributed by atoms with Crippen LogP contribution < -0.4 is 15.0 Å². The van der Waals surface area contributed by atoms with Crippen LogP contribution in [0, 0.1) is 0 Å². The number of nitrogens with zero attached hydrogens (tertiary/aromatic N) is 1. The van der Waals surface area contributed by atoms with Crippen LogP contribution in [0.15, 0.2) is 36.4 Å². The number of halogens is 2. The lowest BCUT2D eigenvalue weighted by molar-refractivity contribution is -0.110. The zero-order valence-corrected chi connectivity index (χ0v) is 14.3. The van der Waals surface area contributed by atoms with Gasteiger partial charge in [0.1, 0.15) is 11.4 Å². The number of anilines is 1. The molecule has 0 spiro atoms. The molecule has 4 rings (SSSR count). The van der Waals surface area contributed by atoms with Crippen molar-refractivity contribution in [1.29, 1.82) is 0 Å². The number of ether oxygens (including phenoxy) is 1. The summed E-state index contributed by atoms with van der Waals surface area (Å²) < 4.78 is 6.16. The highest BCUT2D eigenvalue weighted by atomic mass is 35.5. The molecule has 2 heterocycles. The second kappa shape index (κ2) is 6.19. The Hall–Kier alpha value is -1.91. The van der Waals surface area contributed by atoms with Crippen molar-refractivity contribution in [3.05, 3.63) is 52.0 Å². The highest BCUT2D eigenvalue weighted by Gasteiger charge is 2.39. The highest BCUT2D eigenvalue weighted by molar-refractivity contribution is 6.44. The molecule has 1 N–H and O–H groups in total. The number of carbonyl (C=O) groups is 1. The van der Waals surface area contributed by atoms with Crippen molar-refractivity contribution in [3.63, 3.8) is 0 Å². The van der Waals surface area contributed by atoms with Crippen LogP contribution >= 0.6 is 23.2 Å². The van der Waals surface area contributed by atoms with Crippen molar-refractivity contribution in [2.75, 3.05) is 11.4 Å². The minimum atomic E-state index is -0.0441. The molecule has 0 aliphatic carbocycles. The van der Waals surface area contributed by atoms with E-state index in [2.05, 4.69) is 10.2 Å². The smallest absolute Gasteiger partial charge is 0.207 e. The maximum absolute atomic E-state index is 11.1. The van der Waals surface area contributed by atoms with Crippen molar-refractivity contribution >= 4 is 35.3 Å². The highest BCUT2D eigenvalue weighted by Crippen LogP contribution is 2.51. The van der Waals surface area contributed by atoms with E-state index in [0.29, 0.717) is 15.8 Å². The maximum Gasteiger partial charge on any atom is 0.207 e. The van der Waals surface area contributed by atoms with Gasteiger partial charge in [-0.3, -0.25) is 4.79 Å². The topological polar surface area (TPSA) is 41.6 Å². The lowest BCUT2D eigenvalue weighted by atomic mass is 9.89. The number of carbonyl (C=O) groups excluding carboxylic acids is 1. The van der Waals surface area contributed by atoms with Crippen molar-refractivity contribution in [2.24, 2.45) is 0 Å². The molecule has 1 amide bonds. The zero-order valence-electron chi connectivity index (χ0n) is 12.8. The third kappa shape index (κ3) is 2.41. The van der Waals surface area contributed by atoms with Crippen LogP contribution in [-0.2, 0) is 4.79 Å². The second-order valence-electron chi connectivity index (χ2n) is 6.02. The van der Waals surface area contributed by atoms with Gasteiger partial charge in [-0.15, -0.1) is 0 Å². The molecule has 0 unspecified atom stereocenters. The summed E-state index contributed by atoms with van der Waals surface area (Å²) in [6.45, 7) is 0.826. The Morgan fingerprint density at radius 3 is 2.83 bits per heavy atom. The molecule has 0 radical (unpaired) electrons. The normalized spacial score (nSPS) is 21.7. The number of hydrogen-bond acceptors (Lipinski definition) is 3. The van der Waals surface area contributed by atoms with Gasteiger partial charge in [0.25, 0.3) is 0 Å². The summed E-state index contributed by atoms with van der Waals surface area (Å²) in [7, 11) is 0. The fourth-order valence-corrected chi connectivity index (χ4v) is 4.12. The molecule has 1 saturated heterocycles. The van der Waals surface area contributed by atoms with E-state index in [1.54, 1.807) is 6.07 Å². The van der Waals surface area contributed by atoms with Gasteiger partial charge in [-0.2, -0.15) is 0 Å². The van der Waals surface area contributed by atoms with E-state index in [0.717, 1.165) is 42.8 Å². The van der Waals surface area contributed by atoms with Crippen LogP contribution in [0.2, 0.25) is 10.0 Å². The number of amides is 1. The second-order valence-corrected chi connectivity index (χ2v) is 6.80. The average Bonchev–Trinajstić information content (AvgIpc) is 2.74. The van der Waals surface area contributed by atoms with Crippen LogP contribution in [0.5, 0.6) is 11.5 Å². The average molecular weight is 363 g/mol. The van der Waals surface area contributed by atoms with Gasteiger partial charge in [-0.25, -0.2) is 0 Å². The molecule has 2 aliphatic rings. The van der Waals surface area contributed by atoms with Crippen LogP contribution in [0.4, 0.5) is 5.69 Å². The van der Waals surface area contributed by atoms with E-state index in [9.17, 15) is 4.79 Å². The van der Waals surface area contributed by atoms with Crippen molar-refractivity contribution in [2.45, 2.75) is 24.9 Å². The standard InChI is InChI=1S/C18H16Cl2N2O2/c19-12-7-8-15-18(16(12)20)22-9-3-5-13(21-10-23)17(22)11-4-1-2-6-14(11)24-15/h1-2,4,6-8,10,13,17H,3,5,9H2,(H,21,23)/t13-,17-/m1/s1.